The molecule has 280 valence electrons. The molecule has 4 heteroatoms. The first-order chi connectivity index (χ1) is 27.1. The number of rotatable bonds is 9. The molecule has 2 aliphatic rings. The average Bonchev–Trinajstić information content (AvgIpc) is 3.27. The third-order valence-electron chi connectivity index (χ3n) is 8.85. The van der Waals surface area contributed by atoms with Gasteiger partial charge in [-0.3, -0.25) is 15.0 Å². The monoisotopic (exact) mass is 724 g/mol. The summed E-state index contributed by atoms with van der Waals surface area (Å²) in [6.07, 6.45) is 18.6. The third-order valence-corrected chi connectivity index (χ3v) is 8.85. The Labute approximate surface area is 330 Å². The van der Waals surface area contributed by atoms with Crippen LogP contribution in [0.1, 0.15) is 70.9 Å². The fraction of sp³-hybridized carbons (Fsp3) is 0.216. The summed E-state index contributed by atoms with van der Waals surface area (Å²) < 4.78 is 0. The lowest BCUT2D eigenvalue weighted by Gasteiger charge is -2.17. The van der Waals surface area contributed by atoms with Crippen molar-refractivity contribution >= 4 is 19.3 Å². The highest BCUT2D eigenvalue weighted by Crippen LogP contribution is 2.29. The number of amidine groups is 1. The summed E-state index contributed by atoms with van der Waals surface area (Å²) in [5.74, 6) is 0.764. The van der Waals surface area contributed by atoms with E-state index >= 15 is 0 Å². The molecule has 1 aromatic heterocycles. The van der Waals surface area contributed by atoms with Crippen molar-refractivity contribution < 1.29 is 0 Å². The van der Waals surface area contributed by atoms with E-state index in [1.807, 2.05) is 44.3 Å². The van der Waals surface area contributed by atoms with Gasteiger partial charge in [-0.15, -0.1) is 0 Å². The Morgan fingerprint density at radius 3 is 1.69 bits per heavy atom. The Kier molecular flexibility index (Phi) is 17.9. The van der Waals surface area contributed by atoms with Crippen LogP contribution in [-0.2, 0) is 13.1 Å². The van der Waals surface area contributed by atoms with Crippen LogP contribution in [0.5, 0.6) is 0 Å². The molecule has 0 saturated carbocycles. The lowest BCUT2D eigenvalue weighted by atomic mass is 9.90. The van der Waals surface area contributed by atoms with E-state index in [0.29, 0.717) is 13.1 Å². The molecule has 0 amide bonds. The molecule has 0 N–H and O–H groups in total. The summed E-state index contributed by atoms with van der Waals surface area (Å²) >= 11 is 0. The van der Waals surface area contributed by atoms with E-state index in [2.05, 4.69) is 170 Å². The summed E-state index contributed by atoms with van der Waals surface area (Å²) in [6.45, 7) is 16.8. The van der Waals surface area contributed by atoms with Crippen LogP contribution in [0.4, 0.5) is 0 Å². The number of benzene rings is 4. The van der Waals surface area contributed by atoms with Gasteiger partial charge in [0.1, 0.15) is 5.84 Å². The largest absolute Gasteiger partial charge is 0.296 e. The van der Waals surface area contributed by atoms with Crippen LogP contribution in [0, 0.1) is 0 Å². The molecule has 55 heavy (non-hydrogen) atoms. The van der Waals surface area contributed by atoms with E-state index in [9.17, 15) is 0 Å². The van der Waals surface area contributed by atoms with Crippen molar-refractivity contribution in [3.63, 3.8) is 0 Å². The van der Waals surface area contributed by atoms with Gasteiger partial charge in [-0.2, -0.15) is 0 Å². The van der Waals surface area contributed by atoms with Gasteiger partial charge >= 0.3 is 0 Å². The normalized spacial score (nSPS) is 13.2. The topological polar surface area (TPSA) is 50.0 Å². The summed E-state index contributed by atoms with van der Waals surface area (Å²) in [5, 5.41) is 0. The molecule has 7 rings (SSSR count). The predicted molar refractivity (Wildman–Crippen MR) is 240 cm³/mol. The van der Waals surface area contributed by atoms with Gasteiger partial charge in [0.15, 0.2) is 0 Å². The van der Waals surface area contributed by atoms with Crippen LogP contribution in [0.15, 0.2) is 190 Å². The summed E-state index contributed by atoms with van der Waals surface area (Å²) in [4.78, 5) is 17.2. The number of allylic oxidation sites excluding steroid dienone is 7. The maximum Gasteiger partial charge on any atom is 0.150 e. The highest BCUT2D eigenvalue weighted by atomic mass is 14.9. The van der Waals surface area contributed by atoms with E-state index in [4.69, 9.17) is 4.99 Å². The maximum atomic E-state index is 4.74. The van der Waals surface area contributed by atoms with Crippen molar-refractivity contribution in [1.82, 2.24) is 4.98 Å². The average molecular weight is 725 g/mol. The van der Waals surface area contributed by atoms with Gasteiger partial charge < -0.3 is 0 Å². The summed E-state index contributed by atoms with van der Waals surface area (Å²) in [7, 11) is 0. The van der Waals surface area contributed by atoms with Gasteiger partial charge in [0, 0.05) is 11.8 Å². The molecule has 0 unspecified atom stereocenters. The number of nitrogens with zero attached hydrogens (tertiary/aromatic N) is 4. The van der Waals surface area contributed by atoms with Crippen LogP contribution in [0.25, 0.3) is 33.5 Å². The molecule has 0 aliphatic heterocycles. The highest BCUT2D eigenvalue weighted by molar-refractivity contribution is 6.01. The SMILES string of the molecule is C=NC(=NCc1ccc(-c2ccccc2)cc1)C1=CC=C(C2=CCCC=C2)CC1.C=NCc1ccc(-c2ccc(-c3ccccn3)cc2)cc1.CC.CCC. The lowest BCUT2D eigenvalue weighted by molar-refractivity contribution is 0.927. The number of hydrogen-bond acceptors (Lipinski definition) is 3. The van der Waals surface area contributed by atoms with Gasteiger partial charge in [0.25, 0.3) is 0 Å². The van der Waals surface area contributed by atoms with E-state index in [1.54, 1.807) is 0 Å². The van der Waals surface area contributed by atoms with E-state index in [0.717, 1.165) is 42.8 Å². The quantitative estimate of drug-likeness (QED) is 0.110. The minimum absolute atomic E-state index is 0.616. The van der Waals surface area contributed by atoms with Gasteiger partial charge in [-0.1, -0.05) is 174 Å². The molecule has 0 bridgehead atoms. The van der Waals surface area contributed by atoms with Gasteiger partial charge in [0.2, 0.25) is 0 Å². The van der Waals surface area contributed by atoms with E-state index in [1.165, 1.54) is 56.5 Å². The molecule has 2 aliphatic carbocycles. The van der Waals surface area contributed by atoms with Crippen molar-refractivity contribution in [1.29, 1.82) is 0 Å². The molecule has 0 atom stereocenters. The zero-order valence-corrected chi connectivity index (χ0v) is 33.2. The molecule has 0 spiro atoms. The summed E-state index contributed by atoms with van der Waals surface area (Å²) in [5.41, 5.74) is 13.3. The van der Waals surface area contributed by atoms with Crippen molar-refractivity contribution in [3.8, 4) is 33.5 Å². The number of aliphatic imine (C=N–C) groups is 3. The third kappa shape index (κ3) is 13.1. The van der Waals surface area contributed by atoms with Crippen LogP contribution >= 0.6 is 0 Å². The molecule has 1 heterocycles. The molecule has 0 saturated heterocycles. The van der Waals surface area contributed by atoms with Crippen molar-refractivity contribution in [2.75, 3.05) is 0 Å². The van der Waals surface area contributed by atoms with Crippen molar-refractivity contribution in [3.05, 3.63) is 186 Å². The van der Waals surface area contributed by atoms with Crippen molar-refractivity contribution in [2.45, 2.75) is 72.9 Å². The standard InChI is InChI=1S/C27H26N2.C19H16N2.C3H8.C2H6/c1-28-27(26-18-16-25(17-19-26)23-10-6-3-7-11-23)29-20-21-12-14-24(15-13-21)22-8-4-2-5-9-22;1-20-14-15-5-7-16(8-6-15)17-9-11-18(12-10-17)19-4-2-3-13-21-19;1-3-2;1-2/h2,4-6,8-16,18H,1,3,7,17,19-20H2;2-13H,1,14H2;3H2,1-2H3;1-2H3. The highest BCUT2D eigenvalue weighted by Gasteiger charge is 2.13. The first-order valence-corrected chi connectivity index (χ1v) is 19.6. The molecule has 4 aromatic carbocycles. The van der Waals surface area contributed by atoms with E-state index in [-0.39, 0.29) is 0 Å². The predicted octanol–water partition coefficient (Wildman–Crippen LogP) is 13.9. The Bertz CT molecular complexity index is 2050. The second-order valence-electron chi connectivity index (χ2n) is 13.0. The number of hydrogen-bond donors (Lipinski definition) is 0. The maximum absolute atomic E-state index is 4.74. The van der Waals surface area contributed by atoms with E-state index < -0.39 is 0 Å². The first kappa shape index (κ1) is 41.8. The Morgan fingerprint density at radius 2 is 1.18 bits per heavy atom. The smallest absolute Gasteiger partial charge is 0.150 e. The fourth-order valence-corrected chi connectivity index (χ4v) is 6.07. The molecule has 5 aromatic rings. The first-order valence-electron chi connectivity index (χ1n) is 19.6. The van der Waals surface area contributed by atoms with Crippen LogP contribution in [0.2, 0.25) is 0 Å². The van der Waals surface area contributed by atoms with Crippen LogP contribution in [-0.4, -0.2) is 24.3 Å². The number of aromatic nitrogens is 1. The molecular formula is C51H56N4. The minimum Gasteiger partial charge on any atom is -0.296 e. The second-order valence-corrected chi connectivity index (χ2v) is 13.0. The van der Waals surface area contributed by atoms with Crippen molar-refractivity contribution in [2.24, 2.45) is 15.0 Å². The second kappa shape index (κ2) is 23.6. The molecule has 0 fully saturated rings. The molecular weight excluding hydrogens is 669 g/mol. The lowest BCUT2D eigenvalue weighted by Crippen LogP contribution is -2.05. The van der Waals surface area contributed by atoms with Gasteiger partial charge in [-0.05, 0) is 101 Å². The summed E-state index contributed by atoms with van der Waals surface area (Å²) in [6, 6.07) is 41.9. The van der Waals surface area contributed by atoms with Gasteiger partial charge in [0.05, 0.1) is 18.8 Å². The fourth-order valence-electron chi connectivity index (χ4n) is 6.07. The van der Waals surface area contributed by atoms with Crippen LogP contribution < -0.4 is 0 Å². The molecule has 0 radical (unpaired) electrons. The number of pyridine rings is 1. The zero-order chi connectivity index (χ0) is 39.1. The molecule has 4 nitrogen and oxygen atoms in total. The minimum atomic E-state index is 0.616. The van der Waals surface area contributed by atoms with Gasteiger partial charge in [-0.25, -0.2) is 4.99 Å². The van der Waals surface area contributed by atoms with Crippen LogP contribution in [0.3, 0.4) is 0 Å². The Balaban J connectivity index is 0.000000228. The Hall–Kier alpha value is -6.00. The zero-order valence-electron chi connectivity index (χ0n) is 33.2. The Morgan fingerprint density at radius 1 is 0.618 bits per heavy atom.